The summed E-state index contributed by atoms with van der Waals surface area (Å²) >= 11 is 0. The number of amides is 3. The Labute approximate surface area is 105 Å². The molecule has 1 saturated heterocycles. The lowest BCUT2D eigenvalue weighted by Gasteiger charge is -2.20. The number of hydrogen-bond donors (Lipinski definition) is 2. The first-order valence-corrected chi connectivity index (χ1v) is 5.53. The van der Waals surface area contributed by atoms with E-state index in [4.69, 9.17) is 0 Å². The zero-order chi connectivity index (χ0) is 13.8. The molecule has 3 amide bonds. The maximum absolute atomic E-state index is 12.6. The van der Waals surface area contributed by atoms with E-state index in [1.165, 1.54) is 0 Å². The Kier molecular flexibility index (Phi) is 2.17. The third-order valence-corrected chi connectivity index (χ3v) is 3.45. The smallest absolute Gasteiger partial charge is 0.319 e. The van der Waals surface area contributed by atoms with Crippen molar-refractivity contribution in [1.29, 1.82) is 0 Å². The second-order valence-corrected chi connectivity index (χ2v) is 4.54. The van der Waals surface area contributed by atoms with E-state index in [0.29, 0.717) is 11.1 Å². The van der Waals surface area contributed by atoms with Crippen molar-refractivity contribution in [3.63, 3.8) is 0 Å². The van der Waals surface area contributed by atoms with Gasteiger partial charge in [-0.05, 0) is 24.5 Å². The number of fused-ring (bicyclic) bond motifs is 2. The number of hydrogen-bond acceptors (Lipinski definition) is 3. The lowest BCUT2D eigenvalue weighted by atomic mass is 9.93. The number of nitrogens with one attached hydrogen (secondary N) is 2. The average Bonchev–Trinajstić information content (AvgIpc) is 2.81. The van der Waals surface area contributed by atoms with Crippen LogP contribution in [-0.4, -0.2) is 16.9 Å². The molecule has 0 radical (unpaired) electrons. The van der Waals surface area contributed by atoms with Crippen LogP contribution in [0.5, 0.6) is 0 Å². The number of rotatable bonds is 0. The molecular formula is C11H8F3N3O2. The quantitative estimate of drug-likeness (QED) is 0.694. The molecule has 1 fully saturated rings. The summed E-state index contributed by atoms with van der Waals surface area (Å²) in [4.78, 5) is 26.4. The van der Waals surface area contributed by atoms with Crippen LogP contribution in [0, 0.1) is 0 Å². The van der Waals surface area contributed by atoms with Crippen LogP contribution in [0.15, 0.2) is 12.3 Å². The molecule has 1 aromatic rings. The molecule has 2 N–H and O–H groups in total. The highest BCUT2D eigenvalue weighted by atomic mass is 19.4. The number of aromatic nitrogens is 1. The van der Waals surface area contributed by atoms with E-state index < -0.39 is 29.3 Å². The van der Waals surface area contributed by atoms with Crippen LogP contribution < -0.4 is 10.6 Å². The van der Waals surface area contributed by atoms with Gasteiger partial charge in [-0.25, -0.2) is 4.79 Å². The molecule has 0 saturated carbocycles. The second kappa shape index (κ2) is 3.46. The van der Waals surface area contributed by atoms with Crippen molar-refractivity contribution in [1.82, 2.24) is 15.6 Å². The topological polar surface area (TPSA) is 71.1 Å². The van der Waals surface area contributed by atoms with Crippen molar-refractivity contribution in [3.05, 3.63) is 29.1 Å². The van der Waals surface area contributed by atoms with Gasteiger partial charge in [-0.3, -0.25) is 15.1 Å². The van der Waals surface area contributed by atoms with Gasteiger partial charge < -0.3 is 5.32 Å². The monoisotopic (exact) mass is 271 g/mol. The molecule has 0 aromatic carbocycles. The van der Waals surface area contributed by atoms with E-state index in [2.05, 4.69) is 15.6 Å². The number of halogens is 3. The Morgan fingerprint density at radius 3 is 2.63 bits per heavy atom. The third kappa shape index (κ3) is 1.59. The van der Waals surface area contributed by atoms with Crippen LogP contribution in [0.3, 0.4) is 0 Å². The fourth-order valence-electron chi connectivity index (χ4n) is 2.56. The summed E-state index contributed by atoms with van der Waals surface area (Å²) < 4.78 is 37.7. The van der Waals surface area contributed by atoms with Crippen LogP contribution in [-0.2, 0) is 22.9 Å². The van der Waals surface area contributed by atoms with E-state index in [-0.39, 0.29) is 12.8 Å². The maximum atomic E-state index is 12.6. The second-order valence-electron chi connectivity index (χ2n) is 4.54. The molecule has 2 aliphatic rings. The van der Waals surface area contributed by atoms with Gasteiger partial charge in [-0.2, -0.15) is 13.2 Å². The molecule has 1 unspecified atom stereocenters. The molecule has 0 bridgehead atoms. The van der Waals surface area contributed by atoms with Crippen LogP contribution in [0.25, 0.3) is 0 Å². The van der Waals surface area contributed by atoms with E-state index in [0.717, 1.165) is 12.3 Å². The summed E-state index contributed by atoms with van der Waals surface area (Å²) in [6.45, 7) is 0. The summed E-state index contributed by atoms with van der Waals surface area (Å²) in [5.41, 5.74) is -1.53. The first-order valence-electron chi connectivity index (χ1n) is 5.53. The van der Waals surface area contributed by atoms with Gasteiger partial charge in [0.25, 0.3) is 5.91 Å². The normalized spacial score (nSPS) is 25.4. The van der Waals surface area contributed by atoms with Crippen molar-refractivity contribution >= 4 is 11.9 Å². The number of alkyl halides is 3. The molecule has 3 rings (SSSR count). The number of pyridine rings is 1. The molecule has 1 aliphatic carbocycles. The van der Waals surface area contributed by atoms with E-state index in [9.17, 15) is 22.8 Å². The predicted molar refractivity (Wildman–Crippen MR) is 55.9 cm³/mol. The van der Waals surface area contributed by atoms with Gasteiger partial charge in [0.2, 0.25) is 0 Å². The molecule has 8 heteroatoms. The molecule has 100 valence electrons. The van der Waals surface area contributed by atoms with Gasteiger partial charge in [-0.1, -0.05) is 0 Å². The number of nitrogens with zero attached hydrogens (tertiary/aromatic N) is 1. The highest BCUT2D eigenvalue weighted by molar-refractivity contribution is 6.08. The van der Waals surface area contributed by atoms with Gasteiger partial charge in [-0.15, -0.1) is 0 Å². The molecule has 1 atom stereocenters. The fourth-order valence-corrected chi connectivity index (χ4v) is 2.56. The number of carbonyl (C=O) groups is 2. The van der Waals surface area contributed by atoms with Crippen molar-refractivity contribution in [2.24, 2.45) is 0 Å². The summed E-state index contributed by atoms with van der Waals surface area (Å²) in [6, 6.07) is 0.291. The maximum Gasteiger partial charge on any atom is 0.433 e. The first-order chi connectivity index (χ1) is 8.83. The van der Waals surface area contributed by atoms with Crippen molar-refractivity contribution in [3.8, 4) is 0 Å². The summed E-state index contributed by atoms with van der Waals surface area (Å²) in [6.07, 6.45) is -2.97. The Morgan fingerprint density at radius 1 is 1.32 bits per heavy atom. The summed E-state index contributed by atoms with van der Waals surface area (Å²) in [5, 5.41) is 4.57. The molecule has 5 nitrogen and oxygen atoms in total. The average molecular weight is 271 g/mol. The van der Waals surface area contributed by atoms with Gasteiger partial charge in [0.15, 0.2) is 0 Å². The lowest BCUT2D eigenvalue weighted by molar-refractivity contribution is -0.141. The minimum absolute atomic E-state index is 0.239. The Bertz CT molecular complexity index is 599. The lowest BCUT2D eigenvalue weighted by Crippen LogP contribution is -2.41. The molecule has 1 aromatic heterocycles. The van der Waals surface area contributed by atoms with Crippen molar-refractivity contribution in [2.75, 3.05) is 0 Å². The van der Waals surface area contributed by atoms with Crippen LogP contribution in [0.4, 0.5) is 18.0 Å². The number of urea groups is 1. The van der Waals surface area contributed by atoms with E-state index in [1.54, 1.807) is 0 Å². The molecule has 1 aliphatic heterocycles. The number of imide groups is 1. The van der Waals surface area contributed by atoms with E-state index in [1.807, 2.05) is 0 Å². The number of carbonyl (C=O) groups excluding carboxylic acids is 2. The first kappa shape index (κ1) is 11.9. The van der Waals surface area contributed by atoms with Gasteiger partial charge >= 0.3 is 12.2 Å². The Balaban J connectivity index is 2.08. The molecule has 1 spiro atoms. The van der Waals surface area contributed by atoms with Crippen LogP contribution in [0.2, 0.25) is 0 Å². The Morgan fingerprint density at radius 2 is 2.05 bits per heavy atom. The fraction of sp³-hybridized carbons (Fsp3) is 0.364. The zero-order valence-electron chi connectivity index (χ0n) is 9.47. The minimum atomic E-state index is -4.52. The van der Waals surface area contributed by atoms with E-state index >= 15 is 0 Å². The zero-order valence-corrected chi connectivity index (χ0v) is 9.47. The van der Waals surface area contributed by atoms with Crippen molar-refractivity contribution in [2.45, 2.75) is 24.6 Å². The standard InChI is InChI=1S/C11H8F3N3O2/c12-11(13,14)7-3-5-1-2-10(6(5)4-15-7)8(18)16-9(19)17-10/h3-4H,1-2H2,(H2,16,17,18,19). The highest BCUT2D eigenvalue weighted by Gasteiger charge is 2.52. The third-order valence-electron chi connectivity index (χ3n) is 3.45. The molecule has 2 heterocycles. The minimum Gasteiger partial charge on any atom is -0.319 e. The summed E-state index contributed by atoms with van der Waals surface area (Å²) in [7, 11) is 0. The van der Waals surface area contributed by atoms with Crippen LogP contribution >= 0.6 is 0 Å². The van der Waals surface area contributed by atoms with Gasteiger partial charge in [0, 0.05) is 11.8 Å². The highest BCUT2D eigenvalue weighted by Crippen LogP contribution is 2.40. The van der Waals surface area contributed by atoms with Gasteiger partial charge in [0.05, 0.1) is 0 Å². The van der Waals surface area contributed by atoms with Crippen LogP contribution in [0.1, 0.15) is 23.2 Å². The SMILES string of the molecule is O=C1NC(=O)C2(CCc3cc(C(F)(F)F)ncc32)N1. The summed E-state index contributed by atoms with van der Waals surface area (Å²) in [5.74, 6) is -0.544. The molecular weight excluding hydrogens is 263 g/mol. The molecule has 19 heavy (non-hydrogen) atoms. The number of aryl methyl sites for hydroxylation is 1. The largest absolute Gasteiger partial charge is 0.433 e. The van der Waals surface area contributed by atoms with Crippen molar-refractivity contribution < 1.29 is 22.8 Å². The Hall–Kier alpha value is -2.12. The van der Waals surface area contributed by atoms with Gasteiger partial charge in [0.1, 0.15) is 11.2 Å². The predicted octanol–water partition coefficient (Wildman–Crippen LogP) is 1.08.